The van der Waals surface area contributed by atoms with Crippen LogP contribution in [0, 0.1) is 10.8 Å². The molecule has 0 aromatic heterocycles. The van der Waals surface area contributed by atoms with E-state index in [1.165, 1.54) is 51.4 Å². The molecule has 2 saturated heterocycles. The number of nitrogens with zero attached hydrogens (tertiary/aromatic N) is 1. The number of piperidine rings is 1. The summed E-state index contributed by atoms with van der Waals surface area (Å²) in [6.07, 6.45) is 11.3. The molecule has 0 spiro atoms. The van der Waals surface area contributed by atoms with E-state index in [4.69, 9.17) is 14.2 Å². The normalized spacial score (nSPS) is 28.7. The quantitative estimate of drug-likeness (QED) is 0.289. The minimum Gasteiger partial charge on any atom is -0.373 e. The maximum absolute atomic E-state index is 6.31. The van der Waals surface area contributed by atoms with Crippen LogP contribution in [0.2, 0.25) is 0 Å². The van der Waals surface area contributed by atoms with Crippen LogP contribution in [0.5, 0.6) is 0 Å². The fourth-order valence-corrected chi connectivity index (χ4v) is 9.84. The maximum Gasteiger partial charge on any atom is 0.0714 e. The summed E-state index contributed by atoms with van der Waals surface area (Å²) < 4.78 is 18.5. The summed E-state index contributed by atoms with van der Waals surface area (Å²) in [5.41, 5.74) is 0.982. The largest absolute Gasteiger partial charge is 0.373 e. The lowest BCUT2D eigenvalue weighted by Crippen LogP contribution is -2.75. The third-order valence-corrected chi connectivity index (χ3v) is 10.7. The average molecular weight is 802 g/mol. The van der Waals surface area contributed by atoms with Gasteiger partial charge in [0.2, 0.25) is 0 Å². The van der Waals surface area contributed by atoms with E-state index in [0.717, 1.165) is 12.1 Å². The second kappa shape index (κ2) is 22.0. The van der Waals surface area contributed by atoms with Crippen molar-refractivity contribution in [2.75, 3.05) is 0 Å². The van der Waals surface area contributed by atoms with E-state index in [1.807, 2.05) is 0 Å². The zero-order chi connectivity index (χ0) is 39.8. The van der Waals surface area contributed by atoms with Gasteiger partial charge in [-0.1, -0.05) is 64.8 Å². The standard InChI is InChI=1S/C16H33NO.C15H29NO.C14H29NO.5CH4/c1-13(2,3)17-11-15(7,8)12(16(11,9)10)18-14(4,5)6;1-14(2,3)16-11-7-8-12(16)10-13(9-11)17-15(4,5)6;1-13(2,3)15-11-7-9-12(10-8-11)16-14(4,5)6;;;;;/h11-12,17H,1-10H3;11-13H,7-10H2,1-6H3;11-12,15H,7-10H2,1-6H3;5*1H4/t;11-,12+,13?;;;;;;. The molecule has 2 heterocycles. The molecule has 0 aromatic rings. The fraction of sp³-hybridized carbons (Fsp3) is 1.00. The molecule has 56 heavy (non-hydrogen) atoms. The van der Waals surface area contributed by atoms with E-state index in [9.17, 15) is 0 Å². The minimum atomic E-state index is -0.0775. The third kappa shape index (κ3) is 20.3. The summed E-state index contributed by atoms with van der Waals surface area (Å²) in [5.74, 6) is 0. The molecule has 4 fully saturated rings. The van der Waals surface area contributed by atoms with Gasteiger partial charge in [-0.25, -0.2) is 0 Å². The molecular formula is C50H111N3O3. The lowest BCUT2D eigenvalue weighted by Gasteiger charge is -2.66. The highest BCUT2D eigenvalue weighted by Crippen LogP contribution is 2.57. The SMILES string of the molecule is C.C.C.C.C.CC(C)(C)NC1C(C)(C)C(OC(C)(C)C)C1(C)C.CC(C)(C)NC1CCC(OC(C)(C)C)CC1.CC(C)(C)OC1C[C@H]2CC[C@@H](C1)N2C(C)(C)C. The van der Waals surface area contributed by atoms with Crippen LogP contribution in [0.25, 0.3) is 0 Å². The lowest BCUT2D eigenvalue weighted by atomic mass is 9.49. The van der Waals surface area contributed by atoms with Crippen molar-refractivity contribution >= 4 is 0 Å². The molecule has 4 rings (SSSR count). The smallest absolute Gasteiger partial charge is 0.0714 e. The number of nitrogens with one attached hydrogen (secondary N) is 2. The first kappa shape index (κ1) is 62.4. The molecule has 1 unspecified atom stereocenters. The van der Waals surface area contributed by atoms with Crippen molar-refractivity contribution in [2.45, 2.75) is 317 Å². The minimum absolute atomic E-state index is 0. The Hall–Kier alpha value is -0.240. The molecule has 2 N–H and O–H groups in total. The van der Waals surface area contributed by atoms with Gasteiger partial charge < -0.3 is 24.8 Å². The van der Waals surface area contributed by atoms with Gasteiger partial charge in [0.25, 0.3) is 0 Å². The van der Waals surface area contributed by atoms with E-state index in [0.29, 0.717) is 35.9 Å². The molecule has 2 bridgehead atoms. The monoisotopic (exact) mass is 802 g/mol. The first-order valence-electron chi connectivity index (χ1n) is 20.9. The number of hydrogen-bond acceptors (Lipinski definition) is 6. The van der Waals surface area contributed by atoms with Crippen LogP contribution in [0.3, 0.4) is 0 Å². The summed E-state index contributed by atoms with van der Waals surface area (Å²) in [5, 5.41) is 7.46. The summed E-state index contributed by atoms with van der Waals surface area (Å²) >= 11 is 0. The Morgan fingerprint density at radius 3 is 1.09 bits per heavy atom. The number of fused-ring (bicyclic) bond motifs is 2. The van der Waals surface area contributed by atoms with E-state index in [-0.39, 0.29) is 75.8 Å². The first-order valence-corrected chi connectivity index (χ1v) is 20.9. The molecule has 6 nitrogen and oxygen atoms in total. The van der Waals surface area contributed by atoms with Crippen LogP contribution in [-0.4, -0.2) is 80.8 Å². The Morgan fingerprint density at radius 1 is 0.446 bits per heavy atom. The Bertz CT molecular complexity index is 968. The van der Waals surface area contributed by atoms with Crippen molar-refractivity contribution < 1.29 is 14.2 Å². The van der Waals surface area contributed by atoms with Crippen LogP contribution in [0.15, 0.2) is 0 Å². The second-order valence-electron chi connectivity index (χ2n) is 24.0. The highest BCUT2D eigenvalue weighted by atomic mass is 16.5. The molecule has 3 atom stereocenters. The van der Waals surface area contributed by atoms with Gasteiger partial charge in [0.1, 0.15) is 0 Å². The van der Waals surface area contributed by atoms with Gasteiger partial charge in [-0.3, -0.25) is 4.90 Å². The van der Waals surface area contributed by atoms with E-state index in [2.05, 4.69) is 168 Å². The average Bonchev–Trinajstić information content (AvgIpc) is 3.16. The Balaban J connectivity index is -0.000000347. The molecule has 0 aromatic carbocycles. The van der Waals surface area contributed by atoms with Gasteiger partial charge in [0.05, 0.1) is 35.1 Å². The van der Waals surface area contributed by atoms with Crippen molar-refractivity contribution in [2.24, 2.45) is 10.8 Å². The Morgan fingerprint density at radius 2 is 0.786 bits per heavy atom. The van der Waals surface area contributed by atoms with Crippen LogP contribution < -0.4 is 10.6 Å². The van der Waals surface area contributed by atoms with E-state index >= 15 is 0 Å². The van der Waals surface area contributed by atoms with Crippen LogP contribution in [0.4, 0.5) is 0 Å². The predicted octanol–water partition coefficient (Wildman–Crippen LogP) is 14.3. The van der Waals surface area contributed by atoms with Crippen molar-refractivity contribution in [3.8, 4) is 0 Å². The summed E-state index contributed by atoms with van der Waals surface area (Å²) in [7, 11) is 0. The zero-order valence-electron chi connectivity index (χ0n) is 38.4. The van der Waals surface area contributed by atoms with Crippen molar-refractivity contribution in [3.05, 3.63) is 0 Å². The van der Waals surface area contributed by atoms with Gasteiger partial charge in [-0.2, -0.15) is 0 Å². The Kier molecular flexibility index (Phi) is 24.6. The molecule has 2 saturated carbocycles. The van der Waals surface area contributed by atoms with Gasteiger partial charge in [-0.05, 0) is 176 Å². The first-order chi connectivity index (χ1) is 22.5. The van der Waals surface area contributed by atoms with Gasteiger partial charge in [0, 0.05) is 51.6 Å². The number of ether oxygens (including phenoxy) is 3. The maximum atomic E-state index is 6.31. The van der Waals surface area contributed by atoms with Crippen molar-refractivity contribution in [1.29, 1.82) is 0 Å². The molecule has 344 valence electrons. The molecule has 2 aliphatic heterocycles. The van der Waals surface area contributed by atoms with Crippen LogP contribution >= 0.6 is 0 Å². The van der Waals surface area contributed by atoms with E-state index in [1.54, 1.807) is 0 Å². The predicted molar refractivity (Wildman–Crippen MR) is 255 cm³/mol. The van der Waals surface area contributed by atoms with Crippen LogP contribution in [0.1, 0.15) is 241 Å². The highest BCUT2D eigenvalue weighted by molar-refractivity contribution is 5.16. The molecule has 0 amide bonds. The molecule has 2 aliphatic carbocycles. The lowest BCUT2D eigenvalue weighted by molar-refractivity contribution is -0.251. The van der Waals surface area contributed by atoms with Gasteiger partial charge in [-0.15, -0.1) is 0 Å². The Labute approximate surface area is 356 Å². The summed E-state index contributed by atoms with van der Waals surface area (Å²) in [6.45, 7) is 49.1. The van der Waals surface area contributed by atoms with E-state index < -0.39 is 0 Å². The number of rotatable bonds is 5. The molecule has 6 heteroatoms. The highest BCUT2D eigenvalue weighted by Gasteiger charge is 2.63. The summed E-state index contributed by atoms with van der Waals surface area (Å²) in [6, 6.07) is 2.67. The van der Waals surface area contributed by atoms with Gasteiger partial charge >= 0.3 is 0 Å². The fourth-order valence-electron chi connectivity index (χ4n) is 9.84. The second-order valence-corrected chi connectivity index (χ2v) is 24.0. The third-order valence-electron chi connectivity index (χ3n) is 10.7. The topological polar surface area (TPSA) is 55.0 Å². The summed E-state index contributed by atoms with van der Waals surface area (Å²) in [4.78, 5) is 2.75. The molecule has 4 aliphatic rings. The van der Waals surface area contributed by atoms with Crippen molar-refractivity contribution in [3.63, 3.8) is 0 Å². The van der Waals surface area contributed by atoms with Gasteiger partial charge in [0.15, 0.2) is 0 Å². The molecule has 0 radical (unpaired) electrons. The number of hydrogen-bond donors (Lipinski definition) is 2. The van der Waals surface area contributed by atoms with Crippen LogP contribution in [-0.2, 0) is 14.2 Å². The molecular weight excluding hydrogens is 691 g/mol. The van der Waals surface area contributed by atoms with Crippen molar-refractivity contribution in [1.82, 2.24) is 15.5 Å². The zero-order valence-corrected chi connectivity index (χ0v) is 38.4.